The molecule has 1 N–H and O–H groups in total. The Morgan fingerprint density at radius 1 is 1.15 bits per heavy atom. The first kappa shape index (κ1) is 19.3. The fraction of sp³-hybridized carbons (Fsp3) is 0.632. The van der Waals surface area contributed by atoms with Crippen LogP contribution in [0.25, 0.3) is 0 Å². The minimum Gasteiger partial charge on any atom is -0.453 e. The molecule has 6 nitrogen and oxygen atoms in total. The van der Waals surface area contributed by atoms with Gasteiger partial charge in [0.25, 0.3) is 0 Å². The Kier molecular flexibility index (Phi) is 6.32. The van der Waals surface area contributed by atoms with Gasteiger partial charge in [0.1, 0.15) is 6.54 Å². The summed E-state index contributed by atoms with van der Waals surface area (Å²) in [5, 5.41) is 0. The highest BCUT2D eigenvalue weighted by molar-refractivity contribution is 7.89. The normalized spacial score (nSPS) is 25.4. The molecule has 1 aromatic rings. The topological polar surface area (TPSA) is 68.1 Å². The van der Waals surface area contributed by atoms with Gasteiger partial charge in [-0.1, -0.05) is 18.9 Å². The van der Waals surface area contributed by atoms with Crippen molar-refractivity contribution in [2.45, 2.75) is 49.5 Å². The van der Waals surface area contributed by atoms with Crippen LogP contribution in [0.3, 0.4) is 0 Å². The molecule has 2 aliphatic heterocycles. The molecule has 0 amide bonds. The molecule has 2 heterocycles. The second-order valence-corrected chi connectivity index (χ2v) is 9.36. The smallest absolute Gasteiger partial charge is 0.338 e. The molecule has 2 aliphatic rings. The highest BCUT2D eigenvalue weighted by Crippen LogP contribution is 2.21. The van der Waals surface area contributed by atoms with Crippen LogP contribution in [0.15, 0.2) is 29.2 Å². The van der Waals surface area contributed by atoms with Crippen molar-refractivity contribution in [2.24, 2.45) is 0 Å². The molecule has 1 aromatic carbocycles. The number of rotatable bonds is 4. The number of piperidine rings is 1. The summed E-state index contributed by atoms with van der Waals surface area (Å²) in [6.45, 7) is 3.00. The van der Waals surface area contributed by atoms with Gasteiger partial charge in [-0.15, -0.1) is 0 Å². The third kappa shape index (κ3) is 4.64. The number of carbonyl (C=O) groups excluding carboxylic acids is 1. The second kappa shape index (κ2) is 8.50. The number of likely N-dealkylation sites (N-methyl/N-ethyl adjacent to an activating group) is 1. The molecule has 26 heavy (non-hydrogen) atoms. The Morgan fingerprint density at radius 3 is 2.58 bits per heavy atom. The van der Waals surface area contributed by atoms with Crippen molar-refractivity contribution in [3.05, 3.63) is 29.8 Å². The van der Waals surface area contributed by atoms with Gasteiger partial charge < -0.3 is 9.64 Å². The molecule has 0 bridgehead atoms. The zero-order valence-electron chi connectivity index (χ0n) is 15.4. The summed E-state index contributed by atoms with van der Waals surface area (Å²) >= 11 is 0. The molecule has 0 aliphatic carbocycles. The molecule has 2 fully saturated rings. The number of benzene rings is 1. The van der Waals surface area contributed by atoms with Gasteiger partial charge in [-0.2, -0.15) is 4.31 Å². The third-order valence-electron chi connectivity index (χ3n) is 5.25. The molecule has 1 unspecified atom stereocenters. The summed E-state index contributed by atoms with van der Waals surface area (Å²) in [7, 11) is -1.47. The summed E-state index contributed by atoms with van der Waals surface area (Å²) in [6, 6.07) is 6.28. The van der Waals surface area contributed by atoms with Crippen molar-refractivity contribution >= 4 is 16.0 Å². The van der Waals surface area contributed by atoms with Crippen LogP contribution in [0.4, 0.5) is 0 Å². The predicted molar refractivity (Wildman–Crippen MR) is 98.7 cm³/mol. The third-order valence-corrected chi connectivity index (χ3v) is 7.15. The van der Waals surface area contributed by atoms with E-state index in [2.05, 4.69) is 7.05 Å². The quantitative estimate of drug-likeness (QED) is 0.793. The molecule has 2 saturated heterocycles. The maximum Gasteiger partial charge on any atom is 0.338 e. The van der Waals surface area contributed by atoms with E-state index in [1.54, 1.807) is 22.5 Å². The van der Waals surface area contributed by atoms with E-state index < -0.39 is 16.0 Å². The Morgan fingerprint density at radius 2 is 1.88 bits per heavy atom. The van der Waals surface area contributed by atoms with E-state index in [4.69, 9.17) is 4.74 Å². The van der Waals surface area contributed by atoms with E-state index >= 15 is 0 Å². The predicted octanol–water partition coefficient (Wildman–Crippen LogP) is 1.09. The molecule has 0 saturated carbocycles. The van der Waals surface area contributed by atoms with Gasteiger partial charge >= 0.3 is 5.97 Å². The average molecular weight is 382 g/mol. The molecule has 0 radical (unpaired) electrons. The lowest BCUT2D eigenvalue weighted by Crippen LogP contribution is -3.11. The second-order valence-electron chi connectivity index (χ2n) is 7.43. The van der Waals surface area contributed by atoms with E-state index in [0.717, 1.165) is 51.6 Å². The van der Waals surface area contributed by atoms with E-state index in [1.165, 1.54) is 11.0 Å². The van der Waals surface area contributed by atoms with Gasteiger partial charge in [-0.25, -0.2) is 13.2 Å². The van der Waals surface area contributed by atoms with E-state index in [-0.39, 0.29) is 11.0 Å². The van der Waals surface area contributed by atoms with Gasteiger partial charge in [0, 0.05) is 19.5 Å². The van der Waals surface area contributed by atoms with Crippen LogP contribution in [0, 0.1) is 0 Å². The van der Waals surface area contributed by atoms with Crippen LogP contribution in [-0.2, 0) is 14.8 Å². The van der Waals surface area contributed by atoms with E-state index in [9.17, 15) is 13.2 Å². The molecule has 2 atom stereocenters. The molecule has 7 heteroatoms. The molecule has 0 spiro atoms. The molecule has 144 valence electrons. The first-order chi connectivity index (χ1) is 12.5. The minimum atomic E-state index is -3.56. The number of esters is 1. The molecular formula is C19H29N2O4S+. The number of quaternary nitrogens is 1. The SMILES string of the molecule is C[NH+]1CCC[C@@H](OC(=O)c2cccc(S(=O)(=O)N3CCCCCC3)c2)C1. The highest BCUT2D eigenvalue weighted by Gasteiger charge is 2.27. The molecular weight excluding hydrogens is 352 g/mol. The summed E-state index contributed by atoms with van der Waals surface area (Å²) in [5.41, 5.74) is 0.309. The van der Waals surface area contributed by atoms with Crippen LogP contribution >= 0.6 is 0 Å². The standard InChI is InChI=1S/C19H28N2O4S/c1-20-11-7-9-17(15-20)25-19(22)16-8-6-10-18(14-16)26(23,24)21-12-4-2-3-5-13-21/h6,8,10,14,17H,2-5,7,9,11-13,15H2,1H3/p+1/t17-/m1/s1. The van der Waals surface area contributed by atoms with Crippen LogP contribution in [0.2, 0.25) is 0 Å². The van der Waals surface area contributed by atoms with Crippen molar-refractivity contribution in [3.63, 3.8) is 0 Å². The zero-order chi connectivity index (χ0) is 18.6. The van der Waals surface area contributed by atoms with Gasteiger partial charge in [-0.05, 0) is 37.5 Å². The van der Waals surface area contributed by atoms with Gasteiger partial charge in [-0.3, -0.25) is 0 Å². The van der Waals surface area contributed by atoms with Gasteiger partial charge in [0.05, 0.1) is 24.1 Å². The Hall–Kier alpha value is -1.44. The molecule has 0 aromatic heterocycles. The fourth-order valence-corrected chi connectivity index (χ4v) is 5.32. The maximum absolute atomic E-state index is 12.9. The van der Waals surface area contributed by atoms with Crippen molar-refractivity contribution in [1.29, 1.82) is 0 Å². The summed E-state index contributed by atoms with van der Waals surface area (Å²) in [6.07, 6.45) is 5.72. The Bertz CT molecular complexity index is 727. The summed E-state index contributed by atoms with van der Waals surface area (Å²) in [4.78, 5) is 14.0. The number of carbonyl (C=O) groups is 1. The van der Waals surface area contributed by atoms with E-state index in [0.29, 0.717) is 18.7 Å². The van der Waals surface area contributed by atoms with Gasteiger partial charge in [0.2, 0.25) is 10.0 Å². The van der Waals surface area contributed by atoms with Crippen molar-refractivity contribution in [2.75, 3.05) is 33.2 Å². The van der Waals surface area contributed by atoms with Crippen molar-refractivity contribution < 1.29 is 22.8 Å². The number of hydrogen-bond acceptors (Lipinski definition) is 4. The largest absolute Gasteiger partial charge is 0.453 e. The monoisotopic (exact) mass is 381 g/mol. The number of nitrogens with zero attached hydrogens (tertiary/aromatic N) is 1. The lowest BCUT2D eigenvalue weighted by molar-refractivity contribution is -0.888. The van der Waals surface area contributed by atoms with Crippen molar-refractivity contribution in [3.8, 4) is 0 Å². The first-order valence-corrected chi connectivity index (χ1v) is 11.0. The molecule has 3 rings (SSSR count). The lowest BCUT2D eigenvalue weighted by atomic mass is 10.1. The number of likely N-dealkylation sites (tertiary alicyclic amines) is 1. The maximum atomic E-state index is 12.9. The number of sulfonamides is 1. The first-order valence-electron chi connectivity index (χ1n) is 9.59. The van der Waals surface area contributed by atoms with Crippen LogP contribution in [0.1, 0.15) is 48.9 Å². The van der Waals surface area contributed by atoms with Crippen molar-refractivity contribution in [1.82, 2.24) is 4.31 Å². The zero-order valence-corrected chi connectivity index (χ0v) is 16.3. The van der Waals surface area contributed by atoms with Crippen LogP contribution in [-0.4, -0.2) is 58.0 Å². The van der Waals surface area contributed by atoms with Crippen LogP contribution < -0.4 is 4.90 Å². The number of ether oxygens (including phenoxy) is 1. The summed E-state index contributed by atoms with van der Waals surface area (Å²) in [5.74, 6) is -0.433. The highest BCUT2D eigenvalue weighted by atomic mass is 32.2. The Balaban J connectivity index is 1.73. The van der Waals surface area contributed by atoms with Gasteiger partial charge in [0.15, 0.2) is 6.10 Å². The fourth-order valence-electron chi connectivity index (χ4n) is 3.76. The summed E-state index contributed by atoms with van der Waals surface area (Å²) < 4.78 is 33.0. The minimum absolute atomic E-state index is 0.0953. The van der Waals surface area contributed by atoms with E-state index in [1.807, 2.05) is 0 Å². The Labute approximate surface area is 156 Å². The number of hydrogen-bond donors (Lipinski definition) is 1. The lowest BCUT2D eigenvalue weighted by Gasteiger charge is -2.26. The number of nitrogens with one attached hydrogen (secondary N) is 1. The average Bonchev–Trinajstić information content (AvgIpc) is 2.92. The van der Waals surface area contributed by atoms with Crippen LogP contribution in [0.5, 0.6) is 0 Å².